The number of aromatic nitrogens is 3. The molecule has 1 aliphatic carbocycles. The van der Waals surface area contributed by atoms with Crippen LogP contribution in [0.5, 0.6) is 0 Å². The van der Waals surface area contributed by atoms with E-state index in [0.717, 1.165) is 59.8 Å². The van der Waals surface area contributed by atoms with E-state index in [9.17, 15) is 9.59 Å². The zero-order valence-corrected chi connectivity index (χ0v) is 21.9. The summed E-state index contributed by atoms with van der Waals surface area (Å²) in [6.45, 7) is 5.80. The lowest BCUT2D eigenvalue weighted by Crippen LogP contribution is -2.19. The van der Waals surface area contributed by atoms with Gasteiger partial charge in [-0.05, 0) is 63.6 Å². The van der Waals surface area contributed by atoms with Gasteiger partial charge in [-0.15, -0.1) is 11.3 Å². The first-order valence-electron chi connectivity index (χ1n) is 12.4. The van der Waals surface area contributed by atoms with Gasteiger partial charge in [0.05, 0.1) is 34.1 Å². The van der Waals surface area contributed by atoms with Crippen LogP contribution in [0.2, 0.25) is 0 Å². The maximum absolute atomic E-state index is 13.8. The number of nitrogens with zero attached hydrogens (tertiary/aromatic N) is 3. The van der Waals surface area contributed by atoms with Gasteiger partial charge in [0.25, 0.3) is 5.91 Å². The van der Waals surface area contributed by atoms with Gasteiger partial charge in [-0.25, -0.2) is 9.78 Å². The van der Waals surface area contributed by atoms with Crippen LogP contribution in [-0.2, 0) is 24.6 Å². The number of carbonyl (C=O) groups excluding carboxylic acids is 2. The van der Waals surface area contributed by atoms with Crippen molar-refractivity contribution in [3.05, 3.63) is 63.8 Å². The average molecular weight is 503 g/mol. The summed E-state index contributed by atoms with van der Waals surface area (Å²) >= 11 is 1.50. The van der Waals surface area contributed by atoms with Gasteiger partial charge in [-0.2, -0.15) is 5.10 Å². The summed E-state index contributed by atoms with van der Waals surface area (Å²) in [5, 5.41) is 8.84. The Morgan fingerprint density at radius 1 is 1.22 bits per heavy atom. The normalized spacial score (nSPS) is 13.9. The summed E-state index contributed by atoms with van der Waals surface area (Å²) in [7, 11) is 1.86. The highest BCUT2D eigenvalue weighted by atomic mass is 32.1. The number of amides is 1. The van der Waals surface area contributed by atoms with Crippen LogP contribution in [0, 0.1) is 6.92 Å². The zero-order chi connectivity index (χ0) is 25.4. The minimum Gasteiger partial charge on any atom is -0.459 e. The average Bonchev–Trinajstić information content (AvgIpc) is 3.41. The molecule has 186 valence electrons. The highest BCUT2D eigenvalue weighted by Gasteiger charge is 2.29. The molecule has 1 N–H and O–H groups in total. The van der Waals surface area contributed by atoms with Gasteiger partial charge in [0.2, 0.25) is 0 Å². The lowest BCUT2D eigenvalue weighted by Gasteiger charge is -2.15. The Balaban J connectivity index is 1.57. The number of carbonyl (C=O) groups is 2. The van der Waals surface area contributed by atoms with Crippen molar-refractivity contribution in [3.63, 3.8) is 0 Å². The Kier molecular flexibility index (Phi) is 6.62. The Bertz CT molecular complexity index is 1470. The van der Waals surface area contributed by atoms with Crippen molar-refractivity contribution in [1.82, 2.24) is 14.8 Å². The minimum absolute atomic E-state index is 0.186. The number of hydrogen-bond acceptors (Lipinski definition) is 6. The van der Waals surface area contributed by atoms with Crippen molar-refractivity contribution in [2.75, 3.05) is 5.32 Å². The maximum atomic E-state index is 13.8. The number of thiophene rings is 1. The van der Waals surface area contributed by atoms with E-state index in [-0.39, 0.29) is 18.0 Å². The molecule has 1 aliphatic rings. The lowest BCUT2D eigenvalue weighted by atomic mass is 9.95. The van der Waals surface area contributed by atoms with E-state index in [1.807, 2.05) is 64.3 Å². The van der Waals surface area contributed by atoms with Gasteiger partial charge in [0.15, 0.2) is 0 Å². The number of pyridine rings is 1. The third-order valence-corrected chi connectivity index (χ3v) is 7.94. The Morgan fingerprint density at radius 2 is 2.00 bits per heavy atom. The standard InChI is InChI=1S/C28H30N4O3S/c1-5-16(2)35-28(34)25-19-11-7-9-13-24(19)36-27(25)30-26(33)20-14-23(21-15-32(4)31-17(21)3)29-22-12-8-6-10-18(20)22/h6,8,10,12,14-16H,5,7,9,11,13H2,1-4H3,(H,30,33). The molecule has 36 heavy (non-hydrogen) atoms. The van der Waals surface area contributed by atoms with Crippen molar-refractivity contribution in [2.45, 2.75) is 59.0 Å². The molecular formula is C28H30N4O3S. The number of hydrogen-bond donors (Lipinski definition) is 1. The number of ether oxygens (including phenoxy) is 1. The van der Waals surface area contributed by atoms with Crippen molar-refractivity contribution >= 4 is 39.1 Å². The summed E-state index contributed by atoms with van der Waals surface area (Å²) in [5.41, 5.74) is 5.18. The molecule has 0 radical (unpaired) electrons. The van der Waals surface area contributed by atoms with Crippen LogP contribution in [-0.4, -0.2) is 32.7 Å². The van der Waals surface area contributed by atoms with Gasteiger partial charge in [-0.3, -0.25) is 9.48 Å². The molecular weight excluding hydrogens is 472 g/mol. The van der Waals surface area contributed by atoms with Crippen LogP contribution in [0.1, 0.15) is 70.0 Å². The third kappa shape index (κ3) is 4.53. The Morgan fingerprint density at radius 3 is 2.75 bits per heavy atom. The first-order chi connectivity index (χ1) is 17.4. The molecule has 3 heterocycles. The van der Waals surface area contributed by atoms with Crippen LogP contribution >= 0.6 is 11.3 Å². The molecule has 4 aromatic rings. The second-order valence-corrected chi connectivity index (χ2v) is 10.5. The fourth-order valence-electron chi connectivity index (χ4n) is 4.72. The number of rotatable bonds is 6. The molecule has 8 heteroatoms. The number of anilines is 1. The second kappa shape index (κ2) is 9.85. The molecule has 0 spiro atoms. The zero-order valence-electron chi connectivity index (χ0n) is 21.1. The van der Waals surface area contributed by atoms with Gasteiger partial charge in [0, 0.05) is 29.1 Å². The highest BCUT2D eigenvalue weighted by molar-refractivity contribution is 7.17. The number of benzene rings is 1. The monoisotopic (exact) mass is 502 g/mol. The van der Waals surface area contributed by atoms with Crippen LogP contribution < -0.4 is 5.32 Å². The van der Waals surface area contributed by atoms with Gasteiger partial charge >= 0.3 is 5.97 Å². The SMILES string of the molecule is CCC(C)OC(=O)c1c(NC(=O)c2cc(-c3cn(C)nc3C)nc3ccccc23)sc2c1CCCC2. The summed E-state index contributed by atoms with van der Waals surface area (Å²) in [4.78, 5) is 32.9. The summed E-state index contributed by atoms with van der Waals surface area (Å²) in [6, 6.07) is 9.42. The van der Waals surface area contributed by atoms with Crippen molar-refractivity contribution < 1.29 is 14.3 Å². The minimum atomic E-state index is -0.356. The molecule has 7 nitrogen and oxygen atoms in total. The molecule has 1 amide bonds. The molecule has 0 aliphatic heterocycles. The van der Waals surface area contributed by atoms with E-state index in [2.05, 4.69) is 10.4 Å². The van der Waals surface area contributed by atoms with E-state index in [1.54, 1.807) is 4.68 Å². The van der Waals surface area contributed by atoms with Crippen LogP contribution in [0.3, 0.4) is 0 Å². The number of nitrogens with one attached hydrogen (secondary N) is 1. The maximum Gasteiger partial charge on any atom is 0.341 e. The molecule has 0 bridgehead atoms. The molecule has 1 aromatic carbocycles. The molecule has 5 rings (SSSR count). The van der Waals surface area contributed by atoms with E-state index in [1.165, 1.54) is 16.2 Å². The number of esters is 1. The fraction of sp³-hybridized carbons (Fsp3) is 0.357. The van der Waals surface area contributed by atoms with Crippen LogP contribution in [0.4, 0.5) is 5.00 Å². The number of para-hydroxylation sites is 1. The smallest absolute Gasteiger partial charge is 0.341 e. The molecule has 1 atom stereocenters. The molecule has 0 saturated heterocycles. The van der Waals surface area contributed by atoms with E-state index in [4.69, 9.17) is 9.72 Å². The first kappa shape index (κ1) is 24.2. The van der Waals surface area contributed by atoms with Crippen LogP contribution in [0.15, 0.2) is 36.5 Å². The van der Waals surface area contributed by atoms with E-state index < -0.39 is 0 Å². The second-order valence-electron chi connectivity index (χ2n) is 9.37. The molecule has 3 aromatic heterocycles. The van der Waals surface area contributed by atoms with Gasteiger partial charge in [0.1, 0.15) is 5.00 Å². The number of aryl methyl sites for hydroxylation is 3. The Labute approximate surface area is 214 Å². The molecule has 0 fully saturated rings. The van der Waals surface area contributed by atoms with Gasteiger partial charge in [-0.1, -0.05) is 25.1 Å². The summed E-state index contributed by atoms with van der Waals surface area (Å²) in [6.07, 6.45) is 6.32. The third-order valence-electron chi connectivity index (χ3n) is 6.74. The van der Waals surface area contributed by atoms with Crippen molar-refractivity contribution in [3.8, 4) is 11.3 Å². The Hall–Kier alpha value is -3.52. The van der Waals surface area contributed by atoms with Crippen molar-refractivity contribution in [2.24, 2.45) is 7.05 Å². The quantitative estimate of drug-likeness (QED) is 0.322. The number of fused-ring (bicyclic) bond motifs is 2. The van der Waals surface area contributed by atoms with Gasteiger partial charge < -0.3 is 10.1 Å². The fourth-order valence-corrected chi connectivity index (χ4v) is 5.99. The largest absolute Gasteiger partial charge is 0.459 e. The predicted octanol–water partition coefficient (Wildman–Crippen LogP) is 6.09. The lowest BCUT2D eigenvalue weighted by molar-refractivity contribution is 0.0335. The molecule has 0 saturated carbocycles. The van der Waals surface area contributed by atoms with Crippen molar-refractivity contribution in [1.29, 1.82) is 0 Å². The predicted molar refractivity (Wildman–Crippen MR) is 143 cm³/mol. The first-order valence-corrected chi connectivity index (χ1v) is 13.2. The van der Waals surface area contributed by atoms with E-state index >= 15 is 0 Å². The van der Waals surface area contributed by atoms with Crippen LogP contribution in [0.25, 0.3) is 22.2 Å². The summed E-state index contributed by atoms with van der Waals surface area (Å²) < 4.78 is 7.44. The topological polar surface area (TPSA) is 86.1 Å². The van der Waals surface area contributed by atoms with E-state index in [0.29, 0.717) is 21.8 Å². The molecule has 1 unspecified atom stereocenters. The summed E-state index contributed by atoms with van der Waals surface area (Å²) in [5.74, 6) is -0.627. The highest BCUT2D eigenvalue weighted by Crippen LogP contribution is 2.39.